The predicted molar refractivity (Wildman–Crippen MR) is 89.6 cm³/mol. The van der Waals surface area contributed by atoms with E-state index in [4.69, 9.17) is 10.2 Å². The minimum absolute atomic E-state index is 0. The lowest BCUT2D eigenvalue weighted by molar-refractivity contribution is 0.0649. The summed E-state index contributed by atoms with van der Waals surface area (Å²) in [6, 6.07) is 0. The van der Waals surface area contributed by atoms with Gasteiger partial charge in [-0.3, -0.25) is 0 Å². The van der Waals surface area contributed by atoms with Gasteiger partial charge in [-0.05, 0) is 63.7 Å². The van der Waals surface area contributed by atoms with Gasteiger partial charge < -0.3 is 10.2 Å². The lowest BCUT2D eigenvalue weighted by Crippen LogP contribution is -2.11. The van der Waals surface area contributed by atoms with Gasteiger partial charge in [0.2, 0.25) is 0 Å². The van der Waals surface area contributed by atoms with Gasteiger partial charge in [0.1, 0.15) is 0 Å². The van der Waals surface area contributed by atoms with E-state index in [1.165, 1.54) is 0 Å². The Morgan fingerprint density at radius 1 is 0.722 bits per heavy atom. The fraction of sp³-hybridized carbons (Fsp3) is 0. The molecule has 0 spiro atoms. The van der Waals surface area contributed by atoms with E-state index in [0.717, 1.165) is 0 Å². The molecule has 10 heteroatoms. The summed E-state index contributed by atoms with van der Waals surface area (Å²) in [5.41, 5.74) is -0.621. The Hall–Kier alpha value is 1.38. The van der Waals surface area contributed by atoms with Crippen LogP contribution in [0, 0.1) is 0 Å². The van der Waals surface area contributed by atoms with E-state index in [1.807, 2.05) is 0 Å². The van der Waals surface area contributed by atoms with Gasteiger partial charge in [0.05, 0.1) is 11.1 Å². The average molecular weight is 538 g/mol. The van der Waals surface area contributed by atoms with E-state index < -0.39 is 11.9 Å². The molecule has 0 aliphatic heterocycles. The van der Waals surface area contributed by atoms with Crippen molar-refractivity contribution in [1.29, 1.82) is 0 Å². The molecule has 2 N–H and O–H groups in total. The van der Waals surface area contributed by atoms with Crippen molar-refractivity contribution in [3.05, 3.63) is 29.0 Å². The first-order valence-corrected chi connectivity index (χ1v) is 6.78. The third-order valence-electron chi connectivity index (χ3n) is 1.69. The molecular weight excluding hydrogens is 531 g/mol. The zero-order valence-corrected chi connectivity index (χ0v) is 13.6. The minimum Gasteiger partial charge on any atom is -0.478 e. The van der Waals surface area contributed by atoms with Gasteiger partial charge in [0.15, 0.2) is 17.4 Å². The van der Waals surface area contributed by atoms with Crippen LogP contribution >= 0.6 is 63.7 Å². The fourth-order valence-electron chi connectivity index (χ4n) is 1.03. The Balaban J connectivity index is 0. The topological polar surface area (TPSA) is 74.6 Å². The molecule has 96 valence electrons. The summed E-state index contributed by atoms with van der Waals surface area (Å²) in [5.74, 6) is -2.64. The molecule has 0 aliphatic carbocycles. The van der Waals surface area contributed by atoms with Crippen LogP contribution in [0.25, 0.3) is 0 Å². The number of hydrogen-bond donors (Lipinski definition) is 2. The monoisotopic (exact) mass is 534 g/mol. The number of carboxylic acids is 2. The summed E-state index contributed by atoms with van der Waals surface area (Å²) in [5, 5.41) is 18.0. The number of rotatable bonds is 2. The van der Waals surface area contributed by atoms with Crippen LogP contribution in [0.3, 0.4) is 0 Å². The maximum Gasteiger partial charge on any atom is 0.337 e. The molecule has 0 amide bonds. The molecule has 1 rings (SSSR count). The Morgan fingerprint density at radius 2 is 0.944 bits per heavy atom. The van der Waals surface area contributed by atoms with E-state index in [-0.39, 0.29) is 60.5 Å². The maximum absolute atomic E-state index is 11.0. The minimum atomic E-state index is -1.32. The molecule has 0 atom stereocenters. The van der Waals surface area contributed by atoms with Crippen LogP contribution in [0.4, 0.5) is 0 Å². The van der Waals surface area contributed by atoms with Gasteiger partial charge in [0, 0.05) is 17.9 Å². The molecule has 1 aromatic rings. The van der Waals surface area contributed by atoms with Gasteiger partial charge in [0.25, 0.3) is 0 Å². The lowest BCUT2D eigenvalue weighted by Gasteiger charge is -2.11. The van der Waals surface area contributed by atoms with Crippen molar-refractivity contribution >= 4 is 116 Å². The Kier molecular flexibility index (Phi) is 10.4. The van der Waals surface area contributed by atoms with Gasteiger partial charge in [-0.2, -0.15) is 0 Å². The molecule has 0 heterocycles. The van der Waals surface area contributed by atoms with Crippen LogP contribution in [-0.2, 0) is 0 Å². The number of carboxylic acid groups (broad SMARTS) is 2. The molecule has 4 nitrogen and oxygen atoms in total. The van der Waals surface area contributed by atoms with E-state index in [2.05, 4.69) is 63.7 Å². The zero-order valence-electron chi connectivity index (χ0n) is 7.22. The summed E-state index contributed by atoms with van der Waals surface area (Å²) in [4.78, 5) is 22.0. The summed E-state index contributed by atoms with van der Waals surface area (Å²) in [7, 11) is 0. The highest BCUT2D eigenvalue weighted by molar-refractivity contribution is 9.15. The van der Waals surface area contributed by atoms with Crippen LogP contribution in [0.2, 0.25) is 0 Å². The third-order valence-corrected chi connectivity index (χ3v) is 6.46. The Bertz CT molecular complexity index is 464. The molecule has 1 aromatic carbocycles. The molecule has 0 aromatic heterocycles. The van der Waals surface area contributed by atoms with Gasteiger partial charge in [-0.1, -0.05) is 0 Å². The maximum atomic E-state index is 11.0. The molecule has 0 saturated heterocycles. The fourth-order valence-corrected chi connectivity index (χ4v) is 3.49. The lowest BCUT2D eigenvalue weighted by atomic mass is 10.1. The highest BCUT2D eigenvalue weighted by atomic mass is 79.9. The summed E-state index contributed by atoms with van der Waals surface area (Å²) >= 11 is 12.4. The van der Waals surface area contributed by atoms with Crippen molar-refractivity contribution in [2.24, 2.45) is 0 Å². The zero-order chi connectivity index (χ0) is 12.6. The highest BCUT2D eigenvalue weighted by Gasteiger charge is 2.27. The number of hydrogen-bond acceptors (Lipinski definition) is 2. The molecular formula is C8H7AlBr4MgO4. The average Bonchev–Trinajstić information content (AvgIpc) is 2.18. The summed E-state index contributed by atoms with van der Waals surface area (Å²) in [6.45, 7) is 0. The van der Waals surface area contributed by atoms with Gasteiger partial charge in [-0.15, -0.1) is 0 Å². The predicted octanol–water partition coefficient (Wildman–Crippen LogP) is 2.03. The second kappa shape index (κ2) is 8.62. The van der Waals surface area contributed by atoms with E-state index in [1.54, 1.807) is 0 Å². The first kappa shape index (κ1) is 21.7. The number of aromatic carboxylic acids is 2. The normalized spacial score (nSPS) is 9.11. The largest absolute Gasteiger partial charge is 0.478 e. The molecule has 0 fully saturated rings. The van der Waals surface area contributed by atoms with Crippen molar-refractivity contribution in [2.75, 3.05) is 0 Å². The van der Waals surface area contributed by atoms with Crippen LogP contribution in [-0.4, -0.2) is 62.6 Å². The van der Waals surface area contributed by atoms with Crippen molar-refractivity contribution in [2.45, 2.75) is 0 Å². The van der Waals surface area contributed by atoms with Crippen molar-refractivity contribution < 1.29 is 19.8 Å². The Morgan fingerprint density at radius 3 is 1.11 bits per heavy atom. The second-order valence-electron chi connectivity index (χ2n) is 2.62. The molecule has 0 aliphatic rings. The molecule has 0 unspecified atom stereocenters. The van der Waals surface area contributed by atoms with Crippen LogP contribution in [0.1, 0.15) is 20.7 Å². The number of benzene rings is 1. The quantitative estimate of drug-likeness (QED) is 0.344. The van der Waals surface area contributed by atoms with E-state index in [0.29, 0.717) is 8.95 Å². The standard InChI is InChI=1S/C8H2Br4O4.Al.Mg.5H/c9-3-1(7(13)14)2(8(15)16)4(10)6(12)5(3)11;;;;;;;/h(H,13,14)(H,15,16);;;;;;;. The highest BCUT2D eigenvalue weighted by Crippen LogP contribution is 2.42. The first-order chi connectivity index (χ1) is 7.29. The third kappa shape index (κ3) is 4.18. The second-order valence-corrected chi connectivity index (χ2v) is 5.79. The SMILES string of the molecule is O=C(O)c1c(Br)c(Br)c(Br)c(Br)c1C(=O)O.[AlH3].[MgH2]. The van der Waals surface area contributed by atoms with Crippen molar-refractivity contribution in [1.82, 2.24) is 0 Å². The van der Waals surface area contributed by atoms with Crippen molar-refractivity contribution in [3.63, 3.8) is 0 Å². The Labute approximate surface area is 163 Å². The number of halogens is 4. The smallest absolute Gasteiger partial charge is 0.337 e. The molecule has 0 saturated carbocycles. The van der Waals surface area contributed by atoms with E-state index >= 15 is 0 Å². The molecule has 0 bridgehead atoms. The van der Waals surface area contributed by atoms with Crippen LogP contribution in [0.15, 0.2) is 17.9 Å². The first-order valence-electron chi connectivity index (χ1n) is 3.61. The van der Waals surface area contributed by atoms with Crippen molar-refractivity contribution in [3.8, 4) is 0 Å². The number of carbonyl (C=O) groups is 2. The van der Waals surface area contributed by atoms with Gasteiger partial charge >= 0.3 is 35.0 Å². The van der Waals surface area contributed by atoms with Crippen LogP contribution in [0.5, 0.6) is 0 Å². The molecule has 0 radical (unpaired) electrons. The summed E-state index contributed by atoms with van der Waals surface area (Å²) < 4.78 is 1.21. The van der Waals surface area contributed by atoms with Crippen LogP contribution < -0.4 is 0 Å². The van der Waals surface area contributed by atoms with Gasteiger partial charge in [-0.25, -0.2) is 9.59 Å². The molecule has 18 heavy (non-hydrogen) atoms. The van der Waals surface area contributed by atoms with E-state index in [9.17, 15) is 9.59 Å². The summed E-state index contributed by atoms with van der Waals surface area (Å²) in [6.07, 6.45) is 0.